The zero-order valence-corrected chi connectivity index (χ0v) is 18.2. The number of aromatic nitrogens is 3. The van der Waals surface area contributed by atoms with Crippen LogP contribution in [-0.4, -0.2) is 25.6 Å². The lowest BCUT2D eigenvalue weighted by molar-refractivity contribution is 0.0691. The molecule has 0 bridgehead atoms. The second kappa shape index (κ2) is 7.05. The maximum absolute atomic E-state index is 13.3. The molecule has 1 spiro atoms. The first-order valence-electron chi connectivity index (χ1n) is 10.5. The SMILES string of the molecule is Cc1cc([C@@H](C)Nc2ccc(Cl)nc2C(=O)O)c2nc3n(c(=O)c2c1)CCC31CCC1. The molecular formula is C23H23ClN4O3. The lowest BCUT2D eigenvalue weighted by Crippen LogP contribution is -2.34. The van der Waals surface area contributed by atoms with Crippen molar-refractivity contribution in [1.29, 1.82) is 0 Å². The van der Waals surface area contributed by atoms with E-state index in [1.54, 1.807) is 12.1 Å². The monoisotopic (exact) mass is 438 g/mol. The summed E-state index contributed by atoms with van der Waals surface area (Å²) in [6.07, 6.45) is 4.32. The minimum atomic E-state index is -1.16. The first kappa shape index (κ1) is 20.0. The van der Waals surface area contributed by atoms with Gasteiger partial charge in [0.15, 0.2) is 5.69 Å². The van der Waals surface area contributed by atoms with Gasteiger partial charge in [0.2, 0.25) is 0 Å². The second-order valence-electron chi connectivity index (χ2n) is 8.73. The molecule has 1 aromatic carbocycles. The number of aryl methyl sites for hydroxylation is 1. The number of nitrogens with zero attached hydrogens (tertiary/aromatic N) is 3. The fraction of sp³-hybridized carbons (Fsp3) is 0.391. The molecule has 2 aromatic heterocycles. The standard InChI is InChI=1S/C23H23ClN4O3/c1-12-10-14(13(2)25-16-4-5-17(24)26-19(16)21(30)31)18-15(11-12)20(29)28-9-8-23(6-3-7-23)22(28)27-18/h4-5,10-11,13,25H,3,6-9H2,1-2H3,(H,30,31)/t13-/m1/s1. The Kier molecular flexibility index (Phi) is 4.55. The Labute approximate surface area is 184 Å². The van der Waals surface area contributed by atoms with Crippen molar-refractivity contribution < 1.29 is 9.90 Å². The van der Waals surface area contributed by atoms with Crippen LogP contribution in [0.2, 0.25) is 5.15 Å². The summed E-state index contributed by atoms with van der Waals surface area (Å²) < 4.78 is 1.86. The van der Waals surface area contributed by atoms with Gasteiger partial charge < -0.3 is 10.4 Å². The van der Waals surface area contributed by atoms with Gasteiger partial charge in [-0.1, -0.05) is 24.1 Å². The number of hydrogen-bond acceptors (Lipinski definition) is 5. The number of hydrogen-bond donors (Lipinski definition) is 2. The number of benzene rings is 1. The van der Waals surface area contributed by atoms with E-state index in [9.17, 15) is 14.7 Å². The van der Waals surface area contributed by atoms with Crippen molar-refractivity contribution in [2.45, 2.75) is 57.5 Å². The van der Waals surface area contributed by atoms with Gasteiger partial charge in [0.05, 0.1) is 22.6 Å². The molecule has 0 radical (unpaired) electrons. The van der Waals surface area contributed by atoms with Crippen LogP contribution >= 0.6 is 11.6 Å². The average molecular weight is 439 g/mol. The molecule has 1 atom stereocenters. The normalized spacial score (nSPS) is 17.4. The number of rotatable bonds is 4. The van der Waals surface area contributed by atoms with Gasteiger partial charge in [-0.15, -0.1) is 0 Å². The van der Waals surface area contributed by atoms with Crippen LogP contribution in [0.5, 0.6) is 0 Å². The lowest BCUT2D eigenvalue weighted by atomic mass is 9.67. The van der Waals surface area contributed by atoms with Gasteiger partial charge in [-0.25, -0.2) is 14.8 Å². The predicted molar refractivity (Wildman–Crippen MR) is 119 cm³/mol. The van der Waals surface area contributed by atoms with E-state index in [1.807, 2.05) is 30.5 Å². The Balaban J connectivity index is 1.64. The fourth-order valence-electron chi connectivity index (χ4n) is 4.99. The third kappa shape index (κ3) is 3.10. The van der Waals surface area contributed by atoms with Crippen LogP contribution in [-0.2, 0) is 12.0 Å². The zero-order chi connectivity index (χ0) is 21.9. The fourth-order valence-corrected chi connectivity index (χ4v) is 5.13. The van der Waals surface area contributed by atoms with Crippen molar-refractivity contribution in [3.05, 3.63) is 62.4 Å². The van der Waals surface area contributed by atoms with E-state index in [0.29, 0.717) is 16.6 Å². The minimum absolute atomic E-state index is 0.0142. The van der Waals surface area contributed by atoms with E-state index in [4.69, 9.17) is 16.6 Å². The molecule has 3 heterocycles. The molecule has 1 saturated carbocycles. The number of aromatic carboxylic acids is 1. The molecule has 2 aliphatic rings. The number of anilines is 1. The molecule has 3 aromatic rings. The number of halogens is 1. The molecule has 2 N–H and O–H groups in total. The van der Waals surface area contributed by atoms with Gasteiger partial charge in [0, 0.05) is 17.5 Å². The summed E-state index contributed by atoms with van der Waals surface area (Å²) in [7, 11) is 0. The molecule has 5 rings (SSSR count). The molecule has 1 aliphatic carbocycles. The largest absolute Gasteiger partial charge is 0.476 e. The average Bonchev–Trinajstić information content (AvgIpc) is 3.09. The van der Waals surface area contributed by atoms with Crippen LogP contribution in [0.1, 0.15) is 66.1 Å². The van der Waals surface area contributed by atoms with Crippen molar-refractivity contribution in [2.24, 2.45) is 0 Å². The van der Waals surface area contributed by atoms with Crippen molar-refractivity contribution in [3.63, 3.8) is 0 Å². The predicted octanol–water partition coefficient (Wildman–Crippen LogP) is 4.45. The van der Waals surface area contributed by atoms with Crippen LogP contribution in [0.3, 0.4) is 0 Å². The highest BCUT2D eigenvalue weighted by atomic mass is 35.5. The molecule has 1 aliphatic heterocycles. The maximum atomic E-state index is 13.3. The van der Waals surface area contributed by atoms with Gasteiger partial charge in [0.25, 0.3) is 5.56 Å². The Bertz CT molecular complexity index is 1300. The Morgan fingerprint density at radius 3 is 2.71 bits per heavy atom. The summed E-state index contributed by atoms with van der Waals surface area (Å²) >= 11 is 5.88. The van der Waals surface area contributed by atoms with E-state index < -0.39 is 5.97 Å². The van der Waals surface area contributed by atoms with Crippen LogP contribution in [0.4, 0.5) is 5.69 Å². The first-order chi connectivity index (χ1) is 14.8. The van der Waals surface area contributed by atoms with Gasteiger partial charge >= 0.3 is 5.97 Å². The smallest absolute Gasteiger partial charge is 0.356 e. The number of carbonyl (C=O) groups is 1. The number of fused-ring (bicyclic) bond motifs is 3. The summed E-state index contributed by atoms with van der Waals surface area (Å²) in [4.78, 5) is 33.9. The topological polar surface area (TPSA) is 97.1 Å². The Morgan fingerprint density at radius 2 is 2.03 bits per heavy atom. The summed E-state index contributed by atoms with van der Waals surface area (Å²) in [5, 5.41) is 13.5. The third-order valence-electron chi connectivity index (χ3n) is 6.73. The number of pyridine rings is 1. The van der Waals surface area contributed by atoms with E-state index in [2.05, 4.69) is 10.3 Å². The Hall–Kier alpha value is -2.93. The molecule has 1 fully saturated rings. The van der Waals surface area contributed by atoms with Crippen LogP contribution in [0.25, 0.3) is 10.9 Å². The van der Waals surface area contributed by atoms with Gasteiger partial charge in [-0.05, 0) is 56.9 Å². The first-order valence-corrected chi connectivity index (χ1v) is 10.9. The number of carboxylic acids is 1. The van der Waals surface area contributed by atoms with Gasteiger partial charge in [-0.2, -0.15) is 0 Å². The number of carboxylic acid groups (broad SMARTS) is 1. The zero-order valence-electron chi connectivity index (χ0n) is 17.4. The summed E-state index contributed by atoms with van der Waals surface area (Å²) in [6, 6.07) is 6.77. The van der Waals surface area contributed by atoms with Crippen molar-refractivity contribution in [1.82, 2.24) is 14.5 Å². The lowest BCUT2D eigenvalue weighted by Gasteiger charge is -2.37. The summed E-state index contributed by atoms with van der Waals surface area (Å²) in [5.74, 6) is -0.250. The molecule has 31 heavy (non-hydrogen) atoms. The van der Waals surface area contributed by atoms with Crippen LogP contribution in [0.15, 0.2) is 29.1 Å². The van der Waals surface area contributed by atoms with Gasteiger partial charge in [0.1, 0.15) is 11.0 Å². The molecule has 0 amide bonds. The van der Waals surface area contributed by atoms with Crippen molar-refractivity contribution in [3.8, 4) is 0 Å². The van der Waals surface area contributed by atoms with E-state index in [-0.39, 0.29) is 27.9 Å². The third-order valence-corrected chi connectivity index (χ3v) is 6.94. The minimum Gasteiger partial charge on any atom is -0.476 e. The van der Waals surface area contributed by atoms with E-state index >= 15 is 0 Å². The quantitative estimate of drug-likeness (QED) is 0.584. The van der Waals surface area contributed by atoms with Crippen molar-refractivity contribution in [2.75, 3.05) is 5.32 Å². The maximum Gasteiger partial charge on any atom is 0.356 e. The second-order valence-corrected chi connectivity index (χ2v) is 9.11. The van der Waals surface area contributed by atoms with Crippen LogP contribution in [0, 0.1) is 6.92 Å². The molecular weight excluding hydrogens is 416 g/mol. The Morgan fingerprint density at radius 1 is 1.26 bits per heavy atom. The molecule has 8 heteroatoms. The van der Waals surface area contributed by atoms with E-state index in [1.165, 1.54) is 6.42 Å². The molecule has 160 valence electrons. The highest BCUT2D eigenvalue weighted by Crippen LogP contribution is 2.49. The van der Waals surface area contributed by atoms with Gasteiger partial charge in [-0.3, -0.25) is 9.36 Å². The van der Waals surface area contributed by atoms with E-state index in [0.717, 1.165) is 42.8 Å². The summed E-state index contributed by atoms with van der Waals surface area (Å²) in [5.41, 5.74) is 2.80. The molecule has 0 unspecified atom stereocenters. The molecule has 0 saturated heterocycles. The van der Waals surface area contributed by atoms with Crippen molar-refractivity contribution >= 4 is 34.2 Å². The summed E-state index contributed by atoms with van der Waals surface area (Å²) in [6.45, 7) is 4.61. The van der Waals surface area contributed by atoms with Crippen LogP contribution < -0.4 is 10.9 Å². The highest BCUT2D eigenvalue weighted by Gasteiger charge is 2.46. The molecule has 7 nitrogen and oxygen atoms in total. The highest BCUT2D eigenvalue weighted by molar-refractivity contribution is 6.29. The number of nitrogens with one attached hydrogen (secondary N) is 1.